The van der Waals surface area contributed by atoms with E-state index in [1.54, 1.807) is 11.3 Å². The number of fused-ring (bicyclic) bond motifs is 1. The first kappa shape index (κ1) is 70.2. The van der Waals surface area contributed by atoms with Gasteiger partial charge in [-0.25, -0.2) is 9.97 Å². The third-order valence-electron chi connectivity index (χ3n) is 21.0. The number of rotatable bonds is 20. The first-order chi connectivity index (χ1) is 56.1. The maximum Gasteiger partial charge on any atom is 0.109 e. The lowest BCUT2D eigenvalue weighted by molar-refractivity contribution is 1.30. The van der Waals surface area contributed by atoms with Crippen molar-refractivity contribution in [3.63, 3.8) is 0 Å². The number of nitrogens with zero attached hydrogens (tertiary/aromatic N) is 2. The van der Waals surface area contributed by atoms with Crippen LogP contribution in [0, 0.1) is 0 Å². The molecule has 3 heteroatoms. The number of thiophene rings is 1. The van der Waals surface area contributed by atoms with Crippen molar-refractivity contribution in [1.82, 2.24) is 9.97 Å². The van der Waals surface area contributed by atoms with Gasteiger partial charge in [-0.15, -0.1) is 11.3 Å². The van der Waals surface area contributed by atoms with Crippen molar-refractivity contribution in [2.24, 2.45) is 0 Å². The molecule has 113 heavy (non-hydrogen) atoms. The minimum absolute atomic E-state index is 0.774. The summed E-state index contributed by atoms with van der Waals surface area (Å²) in [5.74, 6) is 0. The predicted molar refractivity (Wildman–Crippen MR) is 477 cm³/mol. The zero-order chi connectivity index (χ0) is 75.5. The van der Waals surface area contributed by atoms with Crippen LogP contribution in [0.3, 0.4) is 0 Å². The summed E-state index contributed by atoms with van der Waals surface area (Å²) in [6.07, 6.45) is 0. The molecule has 0 amide bonds. The van der Waals surface area contributed by atoms with Gasteiger partial charge in [0.25, 0.3) is 0 Å². The van der Waals surface area contributed by atoms with Crippen molar-refractivity contribution >= 4 is 67.0 Å². The number of benzene rings is 16. The van der Waals surface area contributed by atoms with E-state index in [1.807, 2.05) is 0 Å². The Labute approximate surface area is 665 Å². The minimum Gasteiger partial charge on any atom is -0.242 e. The predicted octanol–water partition coefficient (Wildman–Crippen LogP) is 28.4. The lowest BCUT2D eigenvalue weighted by Gasteiger charge is -2.19. The number of hydrogen-bond acceptors (Lipinski definition) is 3. The topological polar surface area (TPSA) is 25.8 Å². The van der Waals surface area contributed by atoms with Gasteiger partial charge in [-0.1, -0.05) is 461 Å². The SMILES string of the molecule is c1ccc(C(=C(c2ccccc2)c2ccc(-c3nc4c(-c5ccc(C(=C(c6ccccc6)c6ccccc6)c6ccccc6)cc5)sc(-c5ccc(C(=C(c6ccccc6)c6ccccc6)c6ccccc6)cc5)c4nc3-c3ccc(C(=C(c4ccccc4)c4ccccc4)c4ccccc4)cc3)cc2)c2ccccc2)cc1. The van der Waals surface area contributed by atoms with E-state index in [1.165, 1.54) is 0 Å². The van der Waals surface area contributed by atoms with E-state index in [-0.39, 0.29) is 0 Å². The Morgan fingerprint density at radius 2 is 0.257 bits per heavy atom. The quantitative estimate of drug-likeness (QED) is 0.0711. The second-order valence-corrected chi connectivity index (χ2v) is 29.1. The summed E-state index contributed by atoms with van der Waals surface area (Å²) in [4.78, 5) is 14.3. The van der Waals surface area contributed by atoms with Gasteiger partial charge >= 0.3 is 0 Å². The van der Waals surface area contributed by atoms with Crippen LogP contribution in [0.25, 0.3) is 99.0 Å². The zero-order valence-electron chi connectivity index (χ0n) is 62.2. The molecule has 16 aromatic carbocycles. The summed E-state index contributed by atoms with van der Waals surface area (Å²) in [6.45, 7) is 0. The Morgan fingerprint density at radius 3 is 0.398 bits per heavy atom. The van der Waals surface area contributed by atoms with Gasteiger partial charge in [0.2, 0.25) is 0 Å². The lowest BCUT2D eigenvalue weighted by Crippen LogP contribution is -1.99. The standard InChI is InChI=1S/C110H76N2S/c1-13-37-77(38-14-1)97(78-39-15-2-16-40-78)101(85-53-29-9-30-54-85)89-61-69-93(70-62-89)105-106(94-71-63-90(64-72-94)102(86-55-31-10-32-56-86)98(79-41-17-3-18-42-79)80-43-19-4-20-44-80)112-108-107(111-105)109(95-73-65-91(66-74-95)103(87-57-33-11-34-58-87)99(81-45-21-5-22-46-81)82-47-23-6-24-48-82)113-110(108)96-75-67-92(68-76-96)104(88-59-35-12-36-60-88)100(83-49-25-7-26-50-83)84-51-27-8-28-52-84/h1-76H. The van der Waals surface area contributed by atoms with Crippen LogP contribution in [0.5, 0.6) is 0 Å². The first-order valence-corrected chi connectivity index (χ1v) is 39.3. The van der Waals surface area contributed by atoms with Crippen LogP contribution in [0.2, 0.25) is 0 Å². The third kappa shape index (κ3) is 14.8. The van der Waals surface area contributed by atoms with Gasteiger partial charge in [-0.3, -0.25) is 0 Å². The van der Waals surface area contributed by atoms with E-state index in [4.69, 9.17) is 9.97 Å². The molecular weight excluding hydrogens is 1380 g/mol. The first-order valence-electron chi connectivity index (χ1n) is 38.5. The highest BCUT2D eigenvalue weighted by Gasteiger charge is 2.27. The second-order valence-electron chi connectivity index (χ2n) is 28.1. The van der Waals surface area contributed by atoms with Crippen LogP contribution >= 0.6 is 11.3 Å². The Balaban J connectivity index is 0.882. The van der Waals surface area contributed by atoms with Gasteiger partial charge in [0.1, 0.15) is 11.0 Å². The van der Waals surface area contributed by atoms with Crippen molar-refractivity contribution in [3.8, 4) is 43.4 Å². The Bertz CT molecular complexity index is 5850. The molecule has 0 N–H and O–H groups in total. The van der Waals surface area contributed by atoms with E-state index < -0.39 is 0 Å². The maximum atomic E-state index is 6.12. The number of hydrogen-bond donors (Lipinski definition) is 0. The van der Waals surface area contributed by atoms with Crippen LogP contribution in [-0.4, -0.2) is 9.97 Å². The van der Waals surface area contributed by atoms with Crippen molar-refractivity contribution < 1.29 is 0 Å². The monoisotopic (exact) mass is 1460 g/mol. The number of aromatic nitrogens is 2. The molecule has 2 aromatic heterocycles. The molecule has 0 aliphatic rings. The van der Waals surface area contributed by atoms with E-state index in [0.717, 1.165) is 188 Å². The molecule has 2 nitrogen and oxygen atoms in total. The van der Waals surface area contributed by atoms with Gasteiger partial charge < -0.3 is 0 Å². The van der Waals surface area contributed by atoms with Gasteiger partial charge in [0, 0.05) is 11.1 Å². The molecule has 0 radical (unpaired) electrons. The summed E-state index contributed by atoms with van der Waals surface area (Å²) < 4.78 is 0. The van der Waals surface area contributed by atoms with Crippen LogP contribution < -0.4 is 0 Å². The molecule has 0 atom stereocenters. The van der Waals surface area contributed by atoms with E-state index in [9.17, 15) is 0 Å². The molecule has 0 aliphatic carbocycles. The highest BCUT2D eigenvalue weighted by molar-refractivity contribution is 7.20. The summed E-state index contributed by atoms with van der Waals surface area (Å²) >= 11 is 1.75. The average Bonchev–Trinajstić information content (AvgIpc) is 1.63. The molecule has 0 fully saturated rings. The lowest BCUT2D eigenvalue weighted by atomic mass is 9.85. The van der Waals surface area contributed by atoms with Crippen LogP contribution in [0.1, 0.15) is 89.0 Å². The molecule has 0 bridgehead atoms. The van der Waals surface area contributed by atoms with E-state index in [2.05, 4.69) is 461 Å². The largest absolute Gasteiger partial charge is 0.242 e. The fourth-order valence-electron chi connectivity index (χ4n) is 15.8. The molecular formula is C110H76N2S. The van der Waals surface area contributed by atoms with Crippen molar-refractivity contribution in [1.29, 1.82) is 0 Å². The van der Waals surface area contributed by atoms with Crippen molar-refractivity contribution in [2.45, 2.75) is 0 Å². The summed E-state index contributed by atoms with van der Waals surface area (Å²) in [7, 11) is 0. The van der Waals surface area contributed by atoms with Crippen LogP contribution in [-0.2, 0) is 0 Å². The van der Waals surface area contributed by atoms with Crippen molar-refractivity contribution in [2.75, 3.05) is 0 Å². The average molecular weight is 1460 g/mol. The van der Waals surface area contributed by atoms with Crippen molar-refractivity contribution in [3.05, 3.63) is 550 Å². The molecule has 0 saturated heterocycles. The third-order valence-corrected chi connectivity index (χ3v) is 22.3. The molecule has 18 aromatic rings. The molecule has 0 aliphatic heterocycles. The van der Waals surface area contributed by atoms with Gasteiger partial charge in [-0.05, 0) is 145 Å². The maximum absolute atomic E-state index is 6.12. The Kier molecular flexibility index (Phi) is 20.4. The Hall–Kier alpha value is -14.5. The van der Waals surface area contributed by atoms with E-state index in [0.29, 0.717) is 0 Å². The molecule has 18 rings (SSSR count). The highest BCUT2D eigenvalue weighted by atomic mass is 32.1. The van der Waals surface area contributed by atoms with Crippen LogP contribution in [0.15, 0.2) is 461 Å². The fourth-order valence-corrected chi connectivity index (χ4v) is 17.0. The van der Waals surface area contributed by atoms with Crippen LogP contribution in [0.4, 0.5) is 0 Å². The normalized spacial score (nSPS) is 11.0. The molecule has 532 valence electrons. The minimum atomic E-state index is 0.774. The zero-order valence-corrected chi connectivity index (χ0v) is 63.0. The summed E-state index contributed by atoms with van der Waals surface area (Å²) in [6, 6.07) is 166. The summed E-state index contributed by atoms with van der Waals surface area (Å²) in [5, 5.41) is 0. The smallest absolute Gasteiger partial charge is 0.109 e. The molecule has 0 saturated carbocycles. The fraction of sp³-hybridized carbons (Fsp3) is 0. The Morgan fingerprint density at radius 1 is 0.133 bits per heavy atom. The molecule has 0 unspecified atom stereocenters. The molecule has 0 spiro atoms. The van der Waals surface area contributed by atoms with Gasteiger partial charge in [0.05, 0.1) is 21.1 Å². The summed E-state index contributed by atoms with van der Waals surface area (Å²) in [5.41, 5.74) is 34.3. The van der Waals surface area contributed by atoms with E-state index >= 15 is 0 Å². The van der Waals surface area contributed by atoms with Gasteiger partial charge in [0.15, 0.2) is 0 Å². The second kappa shape index (κ2) is 32.8. The molecule has 2 heterocycles. The highest BCUT2D eigenvalue weighted by Crippen LogP contribution is 2.49. The van der Waals surface area contributed by atoms with Gasteiger partial charge in [-0.2, -0.15) is 0 Å².